The van der Waals surface area contributed by atoms with E-state index in [9.17, 15) is 9.59 Å². The van der Waals surface area contributed by atoms with Gasteiger partial charge < -0.3 is 21.3 Å². The minimum atomic E-state index is -1.26. The largest absolute Gasteiger partial charge is 0.481 e. The van der Waals surface area contributed by atoms with E-state index in [0.717, 1.165) is 10.9 Å². The molecule has 0 aliphatic rings. The second-order valence-electron chi connectivity index (χ2n) is 4.74. The second kappa shape index (κ2) is 5.66. The predicted molar refractivity (Wildman–Crippen MR) is 78.2 cm³/mol. The summed E-state index contributed by atoms with van der Waals surface area (Å²) in [4.78, 5) is 26.0. The fraction of sp³-hybridized carbons (Fsp3) is 0.214. The van der Waals surface area contributed by atoms with Crippen molar-refractivity contribution in [1.82, 2.24) is 4.98 Å². The third-order valence-electron chi connectivity index (χ3n) is 3.04. The number of aromatic nitrogens is 1. The topological polar surface area (TPSA) is 126 Å². The number of nitrogens with one attached hydrogen (secondary N) is 1. The molecule has 0 radical (unpaired) electrons. The van der Waals surface area contributed by atoms with E-state index in [1.54, 1.807) is 12.1 Å². The molecular weight excluding hydrogens is 274 g/mol. The number of carboxylic acid groups (broad SMARTS) is 2. The summed E-state index contributed by atoms with van der Waals surface area (Å²) in [5, 5.41) is 21.9. The number of aryl methyl sites for hydroxylation is 1. The third kappa shape index (κ3) is 3.19. The molecule has 1 aromatic heterocycles. The summed E-state index contributed by atoms with van der Waals surface area (Å²) in [5.74, 6) is -2.15. The fourth-order valence-corrected chi connectivity index (χ4v) is 2.12. The maximum absolute atomic E-state index is 11.1. The van der Waals surface area contributed by atoms with Crippen LogP contribution in [0.25, 0.3) is 10.8 Å². The van der Waals surface area contributed by atoms with E-state index in [-0.39, 0.29) is 0 Å². The lowest BCUT2D eigenvalue weighted by Crippen LogP contribution is -2.32. The zero-order chi connectivity index (χ0) is 15.6. The molecular formula is C14H15N3O4. The third-order valence-corrected chi connectivity index (χ3v) is 3.04. The van der Waals surface area contributed by atoms with Crippen LogP contribution in [0.1, 0.15) is 12.0 Å². The molecule has 2 aromatic rings. The van der Waals surface area contributed by atoms with Crippen LogP contribution in [0, 0.1) is 6.92 Å². The van der Waals surface area contributed by atoms with Gasteiger partial charge in [-0.3, -0.25) is 4.79 Å². The molecule has 1 aromatic carbocycles. The molecule has 0 saturated heterocycles. The Labute approximate surface area is 120 Å². The number of aliphatic carboxylic acids is 2. The van der Waals surface area contributed by atoms with Crippen molar-refractivity contribution in [3.05, 3.63) is 30.0 Å². The number of nitrogen functional groups attached to an aromatic ring is 1. The average Bonchev–Trinajstić information content (AvgIpc) is 2.38. The number of carboxylic acids is 2. The van der Waals surface area contributed by atoms with Crippen molar-refractivity contribution < 1.29 is 19.8 Å². The standard InChI is InChI=1S/C14H15N3O4/c1-7-4-9-8(10(15)5-7)2-3-16-13(9)17-11(14(20)21)6-12(18)19/h2-5,11H,6,15H2,1H3,(H,16,17)(H,18,19)(H,20,21). The monoisotopic (exact) mass is 289 g/mol. The number of nitrogens with two attached hydrogens (primary N) is 1. The summed E-state index contributed by atoms with van der Waals surface area (Å²) < 4.78 is 0. The van der Waals surface area contributed by atoms with Crippen LogP contribution in [-0.2, 0) is 9.59 Å². The molecule has 7 nitrogen and oxygen atoms in total. The lowest BCUT2D eigenvalue weighted by atomic mass is 10.1. The Bertz CT molecular complexity index is 715. The van der Waals surface area contributed by atoms with Crippen LogP contribution >= 0.6 is 0 Å². The van der Waals surface area contributed by atoms with E-state index in [0.29, 0.717) is 16.9 Å². The molecule has 0 amide bonds. The number of carbonyl (C=O) groups is 2. The lowest BCUT2D eigenvalue weighted by Gasteiger charge is -2.15. The Kier molecular flexibility index (Phi) is 3.93. The van der Waals surface area contributed by atoms with E-state index in [4.69, 9.17) is 15.9 Å². The molecule has 7 heteroatoms. The van der Waals surface area contributed by atoms with Gasteiger partial charge in [-0.1, -0.05) is 0 Å². The van der Waals surface area contributed by atoms with Crippen LogP contribution in [0.15, 0.2) is 24.4 Å². The maximum Gasteiger partial charge on any atom is 0.326 e. The molecule has 0 fully saturated rings. The van der Waals surface area contributed by atoms with Crippen LogP contribution in [0.4, 0.5) is 11.5 Å². The number of hydrogen-bond donors (Lipinski definition) is 4. The number of nitrogens with zero attached hydrogens (tertiary/aromatic N) is 1. The van der Waals surface area contributed by atoms with E-state index in [2.05, 4.69) is 10.3 Å². The summed E-state index contributed by atoms with van der Waals surface area (Å²) in [5.41, 5.74) is 7.39. The van der Waals surface area contributed by atoms with Gasteiger partial charge in [0.2, 0.25) is 0 Å². The predicted octanol–water partition coefficient (Wildman–Crippen LogP) is 1.47. The molecule has 0 aliphatic carbocycles. The first-order valence-corrected chi connectivity index (χ1v) is 6.24. The van der Waals surface area contributed by atoms with Gasteiger partial charge in [-0.2, -0.15) is 0 Å². The smallest absolute Gasteiger partial charge is 0.326 e. The Morgan fingerprint density at radius 1 is 1.33 bits per heavy atom. The van der Waals surface area contributed by atoms with Crippen LogP contribution in [0.2, 0.25) is 0 Å². The Morgan fingerprint density at radius 2 is 2.05 bits per heavy atom. The molecule has 0 aliphatic heterocycles. The molecule has 5 N–H and O–H groups in total. The minimum Gasteiger partial charge on any atom is -0.481 e. The number of fused-ring (bicyclic) bond motifs is 1. The fourth-order valence-electron chi connectivity index (χ4n) is 2.12. The summed E-state index contributed by atoms with van der Waals surface area (Å²) in [6.45, 7) is 1.86. The SMILES string of the molecule is Cc1cc(N)c2ccnc(NC(CC(=O)O)C(=O)O)c2c1. The van der Waals surface area contributed by atoms with Gasteiger partial charge in [0.05, 0.1) is 6.42 Å². The van der Waals surface area contributed by atoms with E-state index >= 15 is 0 Å². The van der Waals surface area contributed by atoms with Gasteiger partial charge in [0.1, 0.15) is 11.9 Å². The molecule has 1 heterocycles. The van der Waals surface area contributed by atoms with Gasteiger partial charge in [0.25, 0.3) is 0 Å². The number of benzene rings is 1. The average molecular weight is 289 g/mol. The van der Waals surface area contributed by atoms with E-state index < -0.39 is 24.4 Å². The van der Waals surface area contributed by atoms with Gasteiger partial charge in [-0.25, -0.2) is 9.78 Å². The highest BCUT2D eigenvalue weighted by atomic mass is 16.4. The summed E-state index contributed by atoms with van der Waals surface area (Å²) in [6.07, 6.45) is 0.949. The van der Waals surface area contributed by atoms with Crippen molar-refractivity contribution in [2.45, 2.75) is 19.4 Å². The van der Waals surface area contributed by atoms with Crippen molar-refractivity contribution in [2.75, 3.05) is 11.1 Å². The van der Waals surface area contributed by atoms with E-state index in [1.165, 1.54) is 6.20 Å². The summed E-state index contributed by atoms with van der Waals surface area (Å²) in [7, 11) is 0. The normalized spacial score (nSPS) is 12.0. The van der Waals surface area contributed by atoms with Gasteiger partial charge in [-0.15, -0.1) is 0 Å². The van der Waals surface area contributed by atoms with Crippen molar-refractivity contribution in [3.63, 3.8) is 0 Å². The molecule has 0 saturated carbocycles. The second-order valence-corrected chi connectivity index (χ2v) is 4.74. The zero-order valence-corrected chi connectivity index (χ0v) is 11.3. The molecule has 1 atom stereocenters. The Hall–Kier alpha value is -2.83. The maximum atomic E-state index is 11.1. The highest BCUT2D eigenvalue weighted by Crippen LogP contribution is 2.28. The first-order valence-electron chi connectivity index (χ1n) is 6.24. The zero-order valence-electron chi connectivity index (χ0n) is 11.3. The number of pyridine rings is 1. The van der Waals surface area contributed by atoms with Gasteiger partial charge >= 0.3 is 11.9 Å². The van der Waals surface area contributed by atoms with Crippen LogP contribution < -0.4 is 11.1 Å². The summed E-state index contributed by atoms with van der Waals surface area (Å²) >= 11 is 0. The Morgan fingerprint density at radius 3 is 2.67 bits per heavy atom. The van der Waals surface area contributed by atoms with Crippen molar-refractivity contribution >= 4 is 34.2 Å². The molecule has 0 spiro atoms. The number of rotatable bonds is 5. The van der Waals surface area contributed by atoms with Gasteiger partial charge in [0, 0.05) is 22.7 Å². The van der Waals surface area contributed by atoms with Gasteiger partial charge in [-0.05, 0) is 30.7 Å². The van der Waals surface area contributed by atoms with Crippen LogP contribution in [-0.4, -0.2) is 33.2 Å². The van der Waals surface area contributed by atoms with Gasteiger partial charge in [0.15, 0.2) is 0 Å². The van der Waals surface area contributed by atoms with Crippen molar-refractivity contribution in [1.29, 1.82) is 0 Å². The van der Waals surface area contributed by atoms with Crippen LogP contribution in [0.5, 0.6) is 0 Å². The quantitative estimate of drug-likeness (QED) is 0.614. The molecule has 21 heavy (non-hydrogen) atoms. The number of anilines is 2. The molecule has 0 bridgehead atoms. The molecule has 1 unspecified atom stereocenters. The Balaban J connectivity index is 2.46. The summed E-state index contributed by atoms with van der Waals surface area (Å²) in [6, 6.07) is 4.09. The minimum absolute atomic E-state index is 0.302. The van der Waals surface area contributed by atoms with E-state index in [1.807, 2.05) is 13.0 Å². The highest BCUT2D eigenvalue weighted by Gasteiger charge is 2.22. The lowest BCUT2D eigenvalue weighted by molar-refractivity contribution is -0.144. The first-order chi connectivity index (χ1) is 9.88. The highest BCUT2D eigenvalue weighted by molar-refractivity contribution is 6.00. The first kappa shape index (κ1) is 14.6. The number of hydrogen-bond acceptors (Lipinski definition) is 5. The van der Waals surface area contributed by atoms with Crippen molar-refractivity contribution in [3.8, 4) is 0 Å². The van der Waals surface area contributed by atoms with Crippen LogP contribution in [0.3, 0.4) is 0 Å². The van der Waals surface area contributed by atoms with Crippen molar-refractivity contribution in [2.24, 2.45) is 0 Å². The molecule has 2 rings (SSSR count). The molecule has 110 valence electrons.